The molecule has 1 amide bonds. The van der Waals surface area contributed by atoms with Gasteiger partial charge >= 0.3 is 0 Å². The van der Waals surface area contributed by atoms with Gasteiger partial charge in [0.2, 0.25) is 0 Å². The Balaban J connectivity index is 1.28. The predicted molar refractivity (Wildman–Crippen MR) is 109 cm³/mol. The highest BCUT2D eigenvalue weighted by molar-refractivity contribution is 5.95. The van der Waals surface area contributed by atoms with Crippen molar-refractivity contribution < 1.29 is 9.53 Å². The number of morpholine rings is 1. The number of anilines is 1. The highest BCUT2D eigenvalue weighted by Crippen LogP contribution is 2.17. The zero-order valence-electron chi connectivity index (χ0n) is 16.2. The van der Waals surface area contributed by atoms with Gasteiger partial charge in [0.15, 0.2) is 0 Å². The normalized spacial score (nSPS) is 18.8. The molecule has 1 N–H and O–H groups in total. The monoisotopic (exact) mass is 380 g/mol. The molecular weight excluding hydrogens is 352 g/mol. The summed E-state index contributed by atoms with van der Waals surface area (Å²) in [5.41, 5.74) is 2.03. The fraction of sp³-hybridized carbons (Fsp3) is 0.455. The molecular formula is C22H28N4O2. The van der Waals surface area contributed by atoms with Crippen LogP contribution in [-0.2, 0) is 11.3 Å². The van der Waals surface area contributed by atoms with Crippen molar-refractivity contribution in [2.24, 2.45) is 0 Å². The minimum Gasteiger partial charge on any atom is -0.378 e. The topological polar surface area (TPSA) is 57.7 Å². The van der Waals surface area contributed by atoms with Gasteiger partial charge in [0.1, 0.15) is 5.82 Å². The summed E-state index contributed by atoms with van der Waals surface area (Å²) in [6, 6.07) is 14.5. The van der Waals surface area contributed by atoms with E-state index in [1.807, 2.05) is 6.07 Å². The second-order valence-electron chi connectivity index (χ2n) is 7.51. The Labute approximate surface area is 166 Å². The van der Waals surface area contributed by atoms with Gasteiger partial charge in [0.25, 0.3) is 5.91 Å². The van der Waals surface area contributed by atoms with E-state index in [4.69, 9.17) is 4.74 Å². The van der Waals surface area contributed by atoms with E-state index in [0.29, 0.717) is 18.8 Å². The van der Waals surface area contributed by atoms with Crippen LogP contribution >= 0.6 is 0 Å². The highest BCUT2D eigenvalue weighted by Gasteiger charge is 2.22. The van der Waals surface area contributed by atoms with Gasteiger partial charge in [-0.15, -0.1) is 0 Å². The molecule has 0 aliphatic carbocycles. The second kappa shape index (κ2) is 9.17. The van der Waals surface area contributed by atoms with Crippen LogP contribution in [0.4, 0.5) is 5.82 Å². The molecule has 1 aromatic heterocycles. The van der Waals surface area contributed by atoms with E-state index in [1.54, 1.807) is 12.3 Å². The SMILES string of the molecule is O=C(NC1CCN(Cc2ccccc2)CC1)c1ccnc(N2CCOCC2)c1. The number of nitrogens with one attached hydrogen (secondary N) is 1. The number of carbonyl (C=O) groups excluding carboxylic acids is 1. The number of amides is 1. The van der Waals surface area contributed by atoms with E-state index in [1.165, 1.54) is 5.56 Å². The molecule has 2 saturated heterocycles. The lowest BCUT2D eigenvalue weighted by Crippen LogP contribution is -2.44. The van der Waals surface area contributed by atoms with Crippen molar-refractivity contribution in [3.05, 3.63) is 59.8 Å². The van der Waals surface area contributed by atoms with Gasteiger partial charge in [-0.1, -0.05) is 30.3 Å². The van der Waals surface area contributed by atoms with Gasteiger partial charge in [-0.2, -0.15) is 0 Å². The van der Waals surface area contributed by atoms with Gasteiger partial charge in [0.05, 0.1) is 13.2 Å². The molecule has 0 radical (unpaired) electrons. The van der Waals surface area contributed by atoms with E-state index in [0.717, 1.165) is 51.4 Å². The van der Waals surface area contributed by atoms with Gasteiger partial charge in [-0.05, 0) is 30.5 Å². The van der Waals surface area contributed by atoms with Crippen LogP contribution in [0.2, 0.25) is 0 Å². The molecule has 0 bridgehead atoms. The third kappa shape index (κ3) is 4.88. The lowest BCUT2D eigenvalue weighted by molar-refractivity contribution is 0.0909. The van der Waals surface area contributed by atoms with Crippen molar-refractivity contribution in [2.75, 3.05) is 44.3 Å². The van der Waals surface area contributed by atoms with Crippen molar-refractivity contribution in [3.63, 3.8) is 0 Å². The summed E-state index contributed by atoms with van der Waals surface area (Å²) in [4.78, 5) is 21.8. The number of ether oxygens (including phenoxy) is 1. The van der Waals surface area contributed by atoms with Gasteiger partial charge in [-0.3, -0.25) is 9.69 Å². The number of rotatable bonds is 5. The minimum absolute atomic E-state index is 0.00146. The van der Waals surface area contributed by atoms with Crippen LogP contribution < -0.4 is 10.2 Å². The summed E-state index contributed by atoms with van der Waals surface area (Å²) in [6.07, 6.45) is 3.70. The zero-order valence-corrected chi connectivity index (χ0v) is 16.2. The van der Waals surface area contributed by atoms with Crippen LogP contribution in [0.5, 0.6) is 0 Å². The third-order valence-electron chi connectivity index (χ3n) is 5.51. The van der Waals surface area contributed by atoms with E-state index < -0.39 is 0 Å². The molecule has 0 unspecified atom stereocenters. The first-order valence-corrected chi connectivity index (χ1v) is 10.1. The Morgan fingerprint density at radius 3 is 2.57 bits per heavy atom. The molecule has 6 heteroatoms. The molecule has 2 aromatic rings. The number of benzene rings is 1. The van der Waals surface area contributed by atoms with Crippen molar-refractivity contribution >= 4 is 11.7 Å². The standard InChI is InChI=1S/C22H28N4O2/c27-22(19-6-9-23-21(16-19)26-12-14-28-15-13-26)24-20-7-10-25(11-8-20)17-18-4-2-1-3-5-18/h1-6,9,16,20H,7-8,10-15,17H2,(H,24,27). The lowest BCUT2D eigenvalue weighted by atomic mass is 10.0. The number of carbonyl (C=O) groups is 1. The van der Waals surface area contributed by atoms with Crippen molar-refractivity contribution in [2.45, 2.75) is 25.4 Å². The Bertz CT molecular complexity index is 769. The zero-order chi connectivity index (χ0) is 19.2. The molecule has 1 aromatic carbocycles. The Kier molecular flexibility index (Phi) is 6.19. The number of likely N-dealkylation sites (tertiary alicyclic amines) is 1. The Morgan fingerprint density at radius 2 is 1.82 bits per heavy atom. The smallest absolute Gasteiger partial charge is 0.251 e. The van der Waals surface area contributed by atoms with E-state index in [2.05, 4.69) is 50.4 Å². The van der Waals surface area contributed by atoms with Crippen LogP contribution in [0.3, 0.4) is 0 Å². The maximum absolute atomic E-state index is 12.7. The number of aromatic nitrogens is 1. The fourth-order valence-corrected chi connectivity index (χ4v) is 3.87. The summed E-state index contributed by atoms with van der Waals surface area (Å²) in [5.74, 6) is 0.854. The average molecular weight is 380 g/mol. The van der Waals surface area contributed by atoms with E-state index in [-0.39, 0.29) is 11.9 Å². The number of hydrogen-bond donors (Lipinski definition) is 1. The molecule has 2 aliphatic heterocycles. The minimum atomic E-state index is -0.00146. The molecule has 28 heavy (non-hydrogen) atoms. The molecule has 148 valence electrons. The van der Waals surface area contributed by atoms with Gasteiger partial charge in [-0.25, -0.2) is 4.98 Å². The van der Waals surface area contributed by atoms with Crippen molar-refractivity contribution in [1.82, 2.24) is 15.2 Å². The van der Waals surface area contributed by atoms with Crippen LogP contribution in [0.25, 0.3) is 0 Å². The van der Waals surface area contributed by atoms with Crippen LogP contribution in [0.1, 0.15) is 28.8 Å². The molecule has 0 saturated carbocycles. The molecule has 2 fully saturated rings. The maximum Gasteiger partial charge on any atom is 0.251 e. The fourth-order valence-electron chi connectivity index (χ4n) is 3.87. The number of piperidine rings is 1. The summed E-state index contributed by atoms with van der Waals surface area (Å²) in [6.45, 7) is 6.05. The Hall–Kier alpha value is -2.44. The van der Waals surface area contributed by atoms with Crippen LogP contribution in [0.15, 0.2) is 48.7 Å². The van der Waals surface area contributed by atoms with Crippen LogP contribution in [-0.4, -0.2) is 61.2 Å². The summed E-state index contributed by atoms with van der Waals surface area (Å²) >= 11 is 0. The summed E-state index contributed by atoms with van der Waals surface area (Å²) < 4.78 is 5.39. The average Bonchev–Trinajstić information content (AvgIpc) is 2.76. The number of nitrogens with zero attached hydrogens (tertiary/aromatic N) is 3. The first kappa shape index (κ1) is 18.9. The van der Waals surface area contributed by atoms with Gasteiger partial charge in [0, 0.05) is 50.5 Å². The van der Waals surface area contributed by atoms with Crippen molar-refractivity contribution in [1.29, 1.82) is 0 Å². The third-order valence-corrected chi connectivity index (χ3v) is 5.51. The second-order valence-corrected chi connectivity index (χ2v) is 7.51. The quantitative estimate of drug-likeness (QED) is 0.863. The predicted octanol–water partition coefficient (Wildman–Crippen LogP) is 2.31. The Morgan fingerprint density at radius 1 is 1.07 bits per heavy atom. The molecule has 0 atom stereocenters. The van der Waals surface area contributed by atoms with Crippen LogP contribution in [0, 0.1) is 0 Å². The first-order valence-electron chi connectivity index (χ1n) is 10.1. The molecule has 3 heterocycles. The van der Waals surface area contributed by atoms with E-state index >= 15 is 0 Å². The molecule has 6 nitrogen and oxygen atoms in total. The lowest BCUT2D eigenvalue weighted by Gasteiger charge is -2.32. The molecule has 4 rings (SSSR count). The number of hydrogen-bond acceptors (Lipinski definition) is 5. The first-order chi connectivity index (χ1) is 13.8. The maximum atomic E-state index is 12.7. The molecule has 2 aliphatic rings. The summed E-state index contributed by atoms with van der Waals surface area (Å²) in [7, 11) is 0. The van der Waals surface area contributed by atoms with E-state index in [9.17, 15) is 4.79 Å². The highest BCUT2D eigenvalue weighted by atomic mass is 16.5. The largest absolute Gasteiger partial charge is 0.378 e. The molecule has 0 spiro atoms. The van der Waals surface area contributed by atoms with Crippen molar-refractivity contribution in [3.8, 4) is 0 Å². The van der Waals surface area contributed by atoms with Gasteiger partial charge < -0.3 is 15.0 Å². The number of pyridine rings is 1. The summed E-state index contributed by atoms with van der Waals surface area (Å²) in [5, 5.41) is 3.21.